The van der Waals surface area contributed by atoms with Gasteiger partial charge in [0.15, 0.2) is 0 Å². The maximum absolute atomic E-state index is 12.1. The summed E-state index contributed by atoms with van der Waals surface area (Å²) in [6.07, 6.45) is 4.74. The van der Waals surface area contributed by atoms with Gasteiger partial charge in [-0.15, -0.1) is 0 Å². The second kappa shape index (κ2) is 5.51. The second-order valence-corrected chi connectivity index (χ2v) is 5.92. The average Bonchev–Trinajstić information content (AvgIpc) is 2.13. The summed E-state index contributed by atoms with van der Waals surface area (Å²) in [6, 6.07) is 0. The normalized spacial score (nSPS) is 16.5. The first-order chi connectivity index (χ1) is 7.19. The number of esters is 1. The molecule has 1 unspecified atom stereocenters. The van der Waals surface area contributed by atoms with Crippen LogP contribution in [0.5, 0.6) is 0 Å². The minimum atomic E-state index is -0.498. The van der Waals surface area contributed by atoms with Gasteiger partial charge in [-0.25, -0.2) is 0 Å². The Kier molecular flexibility index (Phi) is 5.24. The van der Waals surface area contributed by atoms with Crippen molar-refractivity contribution in [3.05, 3.63) is 12.2 Å². The first-order valence-corrected chi connectivity index (χ1v) is 5.92. The lowest BCUT2D eigenvalue weighted by Gasteiger charge is -2.37. The third kappa shape index (κ3) is 3.66. The molecule has 0 spiro atoms. The van der Waals surface area contributed by atoms with Gasteiger partial charge in [-0.05, 0) is 24.7 Å². The summed E-state index contributed by atoms with van der Waals surface area (Å²) < 4.78 is 4.99. The molecule has 0 fully saturated rings. The van der Waals surface area contributed by atoms with E-state index in [2.05, 4.69) is 34.6 Å². The van der Waals surface area contributed by atoms with Crippen LogP contribution >= 0.6 is 0 Å². The van der Waals surface area contributed by atoms with E-state index in [9.17, 15) is 4.79 Å². The fourth-order valence-corrected chi connectivity index (χ4v) is 2.20. The van der Waals surface area contributed by atoms with E-state index in [1.54, 1.807) is 0 Å². The zero-order valence-electron chi connectivity index (χ0n) is 11.8. The first kappa shape index (κ1) is 15.2. The van der Waals surface area contributed by atoms with Crippen LogP contribution < -0.4 is 0 Å². The molecule has 0 saturated carbocycles. The maximum Gasteiger partial charge on any atom is 0.315 e. The molecule has 94 valence electrons. The van der Waals surface area contributed by atoms with Crippen LogP contribution in [0.1, 0.15) is 48.0 Å². The molecule has 0 heterocycles. The number of rotatable bonds is 4. The zero-order chi connectivity index (χ0) is 13.0. The summed E-state index contributed by atoms with van der Waals surface area (Å²) in [4.78, 5) is 12.1. The molecule has 0 amide bonds. The van der Waals surface area contributed by atoms with Gasteiger partial charge < -0.3 is 4.74 Å². The van der Waals surface area contributed by atoms with E-state index in [0.717, 1.165) is 6.42 Å². The molecule has 0 aliphatic rings. The van der Waals surface area contributed by atoms with Crippen molar-refractivity contribution in [3.63, 3.8) is 0 Å². The van der Waals surface area contributed by atoms with Crippen molar-refractivity contribution in [2.24, 2.45) is 16.7 Å². The van der Waals surface area contributed by atoms with Crippen molar-refractivity contribution in [2.45, 2.75) is 48.0 Å². The molecule has 0 aliphatic heterocycles. The van der Waals surface area contributed by atoms with Gasteiger partial charge >= 0.3 is 5.97 Å². The van der Waals surface area contributed by atoms with E-state index in [1.807, 2.05) is 19.1 Å². The number of ether oxygens (including phenoxy) is 1. The standard InChI is InChI=1S/C14H26O2/c1-8-9-14(11(2)3,12(15)16-7)10-13(4,5)6/h8-9,11H,10H2,1-7H3. The number of methoxy groups -OCH3 is 1. The highest BCUT2D eigenvalue weighted by Gasteiger charge is 2.42. The minimum absolute atomic E-state index is 0.0952. The summed E-state index contributed by atoms with van der Waals surface area (Å²) in [5, 5.41) is 0. The van der Waals surface area contributed by atoms with Crippen molar-refractivity contribution in [3.8, 4) is 0 Å². The van der Waals surface area contributed by atoms with Crippen molar-refractivity contribution in [1.82, 2.24) is 0 Å². The van der Waals surface area contributed by atoms with Crippen LogP contribution in [0, 0.1) is 16.7 Å². The molecule has 0 radical (unpaired) electrons. The SMILES string of the molecule is CC=CC(CC(C)(C)C)(C(=O)OC)C(C)C. The third-order valence-corrected chi connectivity index (χ3v) is 2.88. The van der Waals surface area contributed by atoms with E-state index >= 15 is 0 Å². The molecule has 0 aromatic rings. The summed E-state index contributed by atoms with van der Waals surface area (Å²) in [6.45, 7) is 12.5. The fourth-order valence-electron chi connectivity index (χ4n) is 2.20. The lowest BCUT2D eigenvalue weighted by molar-refractivity contribution is -0.154. The van der Waals surface area contributed by atoms with Crippen LogP contribution in [0.15, 0.2) is 12.2 Å². The summed E-state index contributed by atoms with van der Waals surface area (Å²) >= 11 is 0. The summed E-state index contributed by atoms with van der Waals surface area (Å²) in [5.74, 6) is 0.103. The first-order valence-electron chi connectivity index (χ1n) is 5.92. The predicted octanol–water partition coefficient (Wildman–Crippen LogP) is 3.81. The highest BCUT2D eigenvalue weighted by Crippen LogP contribution is 2.41. The predicted molar refractivity (Wildman–Crippen MR) is 68.2 cm³/mol. The minimum Gasteiger partial charge on any atom is -0.468 e. The molecule has 0 saturated heterocycles. The van der Waals surface area contributed by atoms with E-state index in [0.29, 0.717) is 0 Å². The maximum atomic E-state index is 12.1. The van der Waals surface area contributed by atoms with Crippen LogP contribution in [0.2, 0.25) is 0 Å². The molecule has 0 aliphatic carbocycles. The van der Waals surface area contributed by atoms with Crippen molar-refractivity contribution in [2.75, 3.05) is 7.11 Å². The second-order valence-electron chi connectivity index (χ2n) is 5.92. The molecule has 0 aromatic heterocycles. The Morgan fingerprint density at radius 3 is 2.06 bits per heavy atom. The van der Waals surface area contributed by atoms with E-state index in [4.69, 9.17) is 4.74 Å². The van der Waals surface area contributed by atoms with Crippen molar-refractivity contribution in [1.29, 1.82) is 0 Å². The Morgan fingerprint density at radius 1 is 1.31 bits per heavy atom. The molecule has 0 aromatic carbocycles. The molecule has 0 rings (SSSR count). The van der Waals surface area contributed by atoms with Gasteiger partial charge in [0.2, 0.25) is 0 Å². The van der Waals surface area contributed by atoms with Gasteiger partial charge in [-0.2, -0.15) is 0 Å². The van der Waals surface area contributed by atoms with Crippen LogP contribution in [-0.4, -0.2) is 13.1 Å². The van der Waals surface area contributed by atoms with Gasteiger partial charge in [0.1, 0.15) is 0 Å². The van der Waals surface area contributed by atoms with Crippen LogP contribution in [-0.2, 0) is 9.53 Å². The van der Waals surface area contributed by atoms with Gasteiger partial charge in [-0.3, -0.25) is 4.79 Å². The molecule has 2 heteroatoms. The van der Waals surface area contributed by atoms with Gasteiger partial charge in [0.25, 0.3) is 0 Å². The molecular weight excluding hydrogens is 200 g/mol. The van der Waals surface area contributed by atoms with Crippen molar-refractivity contribution >= 4 is 5.97 Å². The molecular formula is C14H26O2. The molecule has 0 N–H and O–H groups in total. The number of allylic oxidation sites excluding steroid dienone is 1. The van der Waals surface area contributed by atoms with Gasteiger partial charge in [0.05, 0.1) is 12.5 Å². The Balaban J connectivity index is 5.35. The average molecular weight is 226 g/mol. The monoisotopic (exact) mass is 226 g/mol. The number of carbonyl (C=O) groups excluding carboxylic acids is 1. The lowest BCUT2D eigenvalue weighted by atomic mass is 9.67. The number of hydrogen-bond donors (Lipinski definition) is 0. The summed E-state index contributed by atoms with van der Waals surface area (Å²) in [5.41, 5.74) is -0.403. The Morgan fingerprint density at radius 2 is 1.81 bits per heavy atom. The van der Waals surface area contributed by atoms with E-state index < -0.39 is 5.41 Å². The smallest absolute Gasteiger partial charge is 0.315 e. The third-order valence-electron chi connectivity index (χ3n) is 2.88. The van der Waals surface area contributed by atoms with Crippen LogP contribution in [0.4, 0.5) is 0 Å². The van der Waals surface area contributed by atoms with E-state index in [1.165, 1.54) is 7.11 Å². The Labute approximate surface area is 100 Å². The van der Waals surface area contributed by atoms with E-state index in [-0.39, 0.29) is 17.3 Å². The molecule has 16 heavy (non-hydrogen) atoms. The molecule has 1 atom stereocenters. The highest BCUT2D eigenvalue weighted by molar-refractivity contribution is 5.79. The topological polar surface area (TPSA) is 26.3 Å². The lowest BCUT2D eigenvalue weighted by Crippen LogP contribution is -2.39. The van der Waals surface area contributed by atoms with Gasteiger partial charge in [-0.1, -0.05) is 46.8 Å². The highest BCUT2D eigenvalue weighted by atomic mass is 16.5. The Hall–Kier alpha value is -0.790. The largest absolute Gasteiger partial charge is 0.468 e. The van der Waals surface area contributed by atoms with Crippen molar-refractivity contribution < 1.29 is 9.53 Å². The Bertz CT molecular complexity index is 258. The fraction of sp³-hybridized carbons (Fsp3) is 0.786. The quantitative estimate of drug-likeness (QED) is 0.538. The van der Waals surface area contributed by atoms with Crippen LogP contribution in [0.25, 0.3) is 0 Å². The van der Waals surface area contributed by atoms with Crippen LogP contribution in [0.3, 0.4) is 0 Å². The number of carbonyl (C=O) groups is 1. The summed E-state index contributed by atoms with van der Waals surface area (Å²) in [7, 11) is 1.46. The molecule has 0 bridgehead atoms. The number of hydrogen-bond acceptors (Lipinski definition) is 2. The zero-order valence-corrected chi connectivity index (χ0v) is 11.8. The van der Waals surface area contributed by atoms with Gasteiger partial charge in [0, 0.05) is 0 Å². The molecule has 2 nitrogen and oxygen atoms in total.